The van der Waals surface area contributed by atoms with Crippen molar-refractivity contribution < 1.29 is 9.53 Å². The van der Waals surface area contributed by atoms with E-state index in [-0.39, 0.29) is 0 Å². The molecule has 2 heterocycles. The number of H-pyrrole nitrogens is 1. The summed E-state index contributed by atoms with van der Waals surface area (Å²) in [4.78, 5) is 17.3. The van der Waals surface area contributed by atoms with E-state index in [2.05, 4.69) is 15.5 Å². The van der Waals surface area contributed by atoms with Crippen molar-refractivity contribution in [3.63, 3.8) is 0 Å². The van der Waals surface area contributed by atoms with Gasteiger partial charge in [-0.15, -0.1) is 0 Å². The van der Waals surface area contributed by atoms with E-state index in [9.17, 15) is 4.79 Å². The number of aromatic nitrogens is 3. The summed E-state index contributed by atoms with van der Waals surface area (Å²) in [5, 5.41) is 9.66. The molecule has 0 unspecified atom stereocenters. The van der Waals surface area contributed by atoms with Crippen LogP contribution < -0.4 is 10.1 Å². The fourth-order valence-corrected chi connectivity index (χ4v) is 3.05. The Morgan fingerprint density at radius 3 is 2.41 bits per heavy atom. The van der Waals surface area contributed by atoms with Gasteiger partial charge >= 0.3 is 6.09 Å². The lowest BCUT2D eigenvalue weighted by Gasteiger charge is -2.14. The first-order chi connectivity index (χ1) is 14.1. The van der Waals surface area contributed by atoms with E-state index in [0.717, 1.165) is 27.9 Å². The van der Waals surface area contributed by atoms with Crippen LogP contribution in [0, 0.1) is 13.8 Å². The van der Waals surface area contributed by atoms with Gasteiger partial charge in [0, 0.05) is 17.3 Å². The maximum atomic E-state index is 12.5. The Bertz CT molecular complexity index is 1120. The molecule has 2 N–H and O–H groups in total. The average Bonchev–Trinajstić information content (AvgIpc) is 3.25. The molecule has 0 saturated heterocycles. The molecule has 6 heteroatoms. The molecule has 2 aromatic carbocycles. The summed E-state index contributed by atoms with van der Waals surface area (Å²) in [5.41, 5.74) is 5.83. The minimum atomic E-state index is -0.566. The molecule has 0 aliphatic carbocycles. The summed E-state index contributed by atoms with van der Waals surface area (Å²) in [7, 11) is 0. The third kappa shape index (κ3) is 4.16. The highest BCUT2D eigenvalue weighted by Crippen LogP contribution is 2.32. The van der Waals surface area contributed by atoms with Crippen LogP contribution in [-0.2, 0) is 0 Å². The minimum absolute atomic E-state index is 0.481. The summed E-state index contributed by atoms with van der Waals surface area (Å²) in [5.74, 6) is 0.481. The van der Waals surface area contributed by atoms with Crippen molar-refractivity contribution in [2.24, 2.45) is 0 Å². The maximum absolute atomic E-state index is 12.5. The lowest BCUT2D eigenvalue weighted by molar-refractivity contribution is 0.215. The van der Waals surface area contributed by atoms with Crippen molar-refractivity contribution in [1.82, 2.24) is 15.2 Å². The van der Waals surface area contributed by atoms with Gasteiger partial charge in [-0.2, -0.15) is 5.10 Å². The molecule has 6 nitrogen and oxygen atoms in total. The van der Waals surface area contributed by atoms with Gasteiger partial charge in [0.05, 0.1) is 23.3 Å². The fourth-order valence-electron chi connectivity index (χ4n) is 3.05. The van der Waals surface area contributed by atoms with E-state index in [1.807, 2.05) is 62.4 Å². The van der Waals surface area contributed by atoms with Crippen LogP contribution in [0.4, 0.5) is 10.5 Å². The lowest BCUT2D eigenvalue weighted by Crippen LogP contribution is -2.18. The molecule has 4 rings (SSSR count). The normalized spacial score (nSPS) is 10.6. The molecule has 1 amide bonds. The van der Waals surface area contributed by atoms with Crippen molar-refractivity contribution in [1.29, 1.82) is 0 Å². The van der Waals surface area contributed by atoms with Gasteiger partial charge in [-0.1, -0.05) is 48.0 Å². The average molecular weight is 384 g/mol. The Kier molecular flexibility index (Phi) is 5.07. The van der Waals surface area contributed by atoms with Crippen LogP contribution in [0.3, 0.4) is 0 Å². The number of rotatable bonds is 4. The number of hydrogen-bond acceptors (Lipinski definition) is 4. The van der Waals surface area contributed by atoms with Crippen LogP contribution in [-0.4, -0.2) is 21.3 Å². The molecule has 2 aromatic heterocycles. The molecule has 0 atom stereocenters. The second kappa shape index (κ2) is 7.98. The highest BCUT2D eigenvalue weighted by Gasteiger charge is 2.16. The number of anilines is 1. The summed E-state index contributed by atoms with van der Waals surface area (Å²) in [6.07, 6.45) is 2.95. The predicted molar refractivity (Wildman–Crippen MR) is 113 cm³/mol. The molecule has 4 aromatic rings. The standard InChI is InChI=1S/C23H20N4O2/c1-15-8-10-19(11-9-15)29-23(28)26-20-12-16(2)21(18-13-24-25-14-18)27-22(20)17-6-4-3-5-7-17/h3-14H,1-2H3,(H,24,25)(H,26,28). The van der Waals surface area contributed by atoms with E-state index in [1.165, 1.54) is 0 Å². The first-order valence-corrected chi connectivity index (χ1v) is 9.22. The van der Waals surface area contributed by atoms with Crippen molar-refractivity contribution in [3.05, 3.63) is 84.2 Å². The molecule has 0 radical (unpaired) electrons. The predicted octanol–water partition coefficient (Wildman–Crippen LogP) is 5.37. The largest absolute Gasteiger partial charge is 0.417 e. The van der Waals surface area contributed by atoms with Crippen LogP contribution in [0.5, 0.6) is 5.75 Å². The third-order valence-corrected chi connectivity index (χ3v) is 4.50. The van der Waals surface area contributed by atoms with Crippen molar-refractivity contribution in [2.75, 3.05) is 5.32 Å². The highest BCUT2D eigenvalue weighted by atomic mass is 16.6. The van der Waals surface area contributed by atoms with E-state index < -0.39 is 6.09 Å². The van der Waals surface area contributed by atoms with Gasteiger partial charge in [0.1, 0.15) is 5.75 Å². The SMILES string of the molecule is Cc1ccc(OC(=O)Nc2cc(C)c(-c3cn[nH]c3)nc2-c2ccccc2)cc1. The Morgan fingerprint density at radius 2 is 1.72 bits per heavy atom. The Hall–Kier alpha value is -3.93. The molecular formula is C23H20N4O2. The molecule has 0 spiro atoms. The van der Waals surface area contributed by atoms with Gasteiger partial charge in [0.25, 0.3) is 0 Å². The number of nitrogens with one attached hydrogen (secondary N) is 2. The number of carbonyl (C=O) groups excluding carboxylic acids is 1. The molecule has 29 heavy (non-hydrogen) atoms. The van der Waals surface area contributed by atoms with E-state index in [4.69, 9.17) is 9.72 Å². The van der Waals surface area contributed by atoms with Gasteiger partial charge < -0.3 is 4.74 Å². The first-order valence-electron chi connectivity index (χ1n) is 9.22. The number of aryl methyl sites for hydroxylation is 2. The smallest absolute Gasteiger partial charge is 0.410 e. The number of nitrogens with zero attached hydrogens (tertiary/aromatic N) is 2. The second-order valence-corrected chi connectivity index (χ2v) is 6.73. The highest BCUT2D eigenvalue weighted by molar-refractivity contribution is 5.92. The zero-order chi connectivity index (χ0) is 20.2. The number of amides is 1. The van der Waals surface area contributed by atoms with Crippen molar-refractivity contribution >= 4 is 11.8 Å². The summed E-state index contributed by atoms with van der Waals surface area (Å²) >= 11 is 0. The third-order valence-electron chi connectivity index (χ3n) is 4.50. The maximum Gasteiger partial charge on any atom is 0.417 e. The Morgan fingerprint density at radius 1 is 0.966 bits per heavy atom. The zero-order valence-electron chi connectivity index (χ0n) is 16.1. The number of carbonyl (C=O) groups is 1. The monoisotopic (exact) mass is 384 g/mol. The van der Waals surface area contributed by atoms with E-state index in [0.29, 0.717) is 17.1 Å². The molecular weight excluding hydrogens is 364 g/mol. The molecule has 0 aliphatic heterocycles. The van der Waals surface area contributed by atoms with Crippen LogP contribution >= 0.6 is 0 Å². The van der Waals surface area contributed by atoms with Gasteiger partial charge in [0.15, 0.2) is 0 Å². The summed E-state index contributed by atoms with van der Waals surface area (Å²) in [6.45, 7) is 3.92. The van der Waals surface area contributed by atoms with Crippen LogP contribution in [0.25, 0.3) is 22.5 Å². The Labute approximate surface area is 168 Å². The summed E-state index contributed by atoms with van der Waals surface area (Å²) < 4.78 is 5.41. The van der Waals surface area contributed by atoms with Gasteiger partial charge in [0.2, 0.25) is 0 Å². The fraction of sp³-hybridized carbons (Fsp3) is 0.0870. The quantitative estimate of drug-likeness (QED) is 0.496. The number of benzene rings is 2. The molecule has 0 saturated carbocycles. The van der Waals surface area contributed by atoms with Crippen LogP contribution in [0.15, 0.2) is 73.1 Å². The molecule has 144 valence electrons. The first kappa shape index (κ1) is 18.4. The van der Waals surface area contributed by atoms with Crippen molar-refractivity contribution in [2.45, 2.75) is 13.8 Å². The topological polar surface area (TPSA) is 79.9 Å². The van der Waals surface area contributed by atoms with Crippen molar-refractivity contribution in [3.8, 4) is 28.3 Å². The molecule has 0 bridgehead atoms. The number of pyridine rings is 1. The van der Waals surface area contributed by atoms with E-state index >= 15 is 0 Å². The second-order valence-electron chi connectivity index (χ2n) is 6.73. The van der Waals surface area contributed by atoms with Crippen LogP contribution in [0.2, 0.25) is 0 Å². The number of hydrogen-bond donors (Lipinski definition) is 2. The number of aromatic amines is 1. The number of ether oxygens (including phenoxy) is 1. The van der Waals surface area contributed by atoms with Crippen LogP contribution in [0.1, 0.15) is 11.1 Å². The summed E-state index contributed by atoms with van der Waals surface area (Å²) in [6, 6.07) is 18.9. The van der Waals surface area contributed by atoms with Gasteiger partial charge in [-0.3, -0.25) is 10.4 Å². The Balaban J connectivity index is 1.69. The van der Waals surface area contributed by atoms with Gasteiger partial charge in [-0.25, -0.2) is 9.78 Å². The van der Waals surface area contributed by atoms with Gasteiger partial charge in [-0.05, 0) is 37.6 Å². The van der Waals surface area contributed by atoms with E-state index in [1.54, 1.807) is 24.5 Å². The zero-order valence-corrected chi connectivity index (χ0v) is 16.1. The molecule has 0 fully saturated rings. The lowest BCUT2D eigenvalue weighted by atomic mass is 10.0. The minimum Gasteiger partial charge on any atom is -0.410 e. The molecule has 0 aliphatic rings.